The maximum absolute atomic E-state index is 13.5. The predicted molar refractivity (Wildman–Crippen MR) is 202 cm³/mol. The Morgan fingerprint density at radius 1 is 1.08 bits per heavy atom. The van der Waals surface area contributed by atoms with Crippen LogP contribution in [0, 0.1) is 0 Å². The van der Waals surface area contributed by atoms with E-state index in [9.17, 15) is 9.90 Å². The first kappa shape index (κ1) is 34.8. The van der Waals surface area contributed by atoms with Gasteiger partial charge in [-0.2, -0.15) is 4.98 Å². The van der Waals surface area contributed by atoms with Crippen LogP contribution in [0.15, 0.2) is 54.0 Å². The summed E-state index contributed by atoms with van der Waals surface area (Å²) in [5.41, 5.74) is 4.70. The molecule has 0 saturated carbocycles. The fourth-order valence-corrected chi connectivity index (χ4v) is 9.24. The highest BCUT2D eigenvalue weighted by molar-refractivity contribution is 6.74. The van der Waals surface area contributed by atoms with Crippen LogP contribution in [0.25, 0.3) is 16.9 Å². The quantitative estimate of drug-likeness (QED) is 0.146. The third kappa shape index (κ3) is 6.38. The first-order valence-electron chi connectivity index (χ1n) is 18.4. The number of aryl methyl sites for hydroxylation is 2. The van der Waals surface area contributed by atoms with Crippen molar-refractivity contribution in [2.45, 2.75) is 121 Å². The van der Waals surface area contributed by atoms with Gasteiger partial charge in [-0.25, -0.2) is 19.3 Å². The second-order valence-corrected chi connectivity index (χ2v) is 20.9. The molecule has 4 aromatic rings. The molecule has 7 rings (SSSR count). The minimum Gasteiger partial charge on any atom is -0.414 e. The van der Waals surface area contributed by atoms with E-state index in [1.165, 1.54) is 11.1 Å². The fraction of sp³-hybridized carbons (Fsp3) is 0.538. The number of aliphatic hydroxyl groups is 1. The number of benzene rings is 1. The van der Waals surface area contributed by atoms with Crippen LogP contribution in [-0.4, -0.2) is 67.9 Å². The summed E-state index contributed by atoms with van der Waals surface area (Å²) >= 11 is 0. The molecule has 1 aliphatic heterocycles. The van der Waals surface area contributed by atoms with Gasteiger partial charge in [0.15, 0.2) is 19.8 Å². The average molecular weight is 696 g/mol. The number of anilines is 2. The molecule has 1 unspecified atom stereocenters. The zero-order valence-corrected chi connectivity index (χ0v) is 31.6. The molecule has 0 amide bonds. The molecule has 50 heavy (non-hydrogen) atoms. The highest BCUT2D eigenvalue weighted by Crippen LogP contribution is 2.40. The van der Waals surface area contributed by atoms with E-state index in [0.717, 1.165) is 62.9 Å². The number of pyridine rings is 1. The van der Waals surface area contributed by atoms with Gasteiger partial charge in [0.1, 0.15) is 11.0 Å². The van der Waals surface area contributed by atoms with E-state index in [2.05, 4.69) is 73.8 Å². The molecular formula is C39H53N7O3Si. The number of hydrogen-bond acceptors (Lipinski definition) is 8. The summed E-state index contributed by atoms with van der Waals surface area (Å²) in [5, 5.41) is 15.3. The van der Waals surface area contributed by atoms with Gasteiger partial charge in [0, 0.05) is 37.1 Å². The smallest absolute Gasteiger partial charge is 0.278 e. The molecule has 1 fully saturated rings. The molecule has 1 aromatic carbocycles. The molecule has 2 aliphatic carbocycles. The SMILES string of the molecule is C=CCn1c(=O)c2cnc(Nc3ccc4c(c3)CCC(N3CCC(O[Si](C)(C)C(C)(C)C)CC3)C4)nc2n1-c1ccc2c(n1)[C@@](O)(CC)CC2. The minimum absolute atomic E-state index is 0.213. The fourth-order valence-electron chi connectivity index (χ4n) is 7.82. The van der Waals surface area contributed by atoms with E-state index in [4.69, 9.17) is 14.4 Å². The molecule has 4 heterocycles. The second-order valence-electron chi connectivity index (χ2n) is 16.1. The number of aromatic nitrogens is 5. The van der Waals surface area contributed by atoms with Crippen LogP contribution in [0.5, 0.6) is 0 Å². The summed E-state index contributed by atoms with van der Waals surface area (Å²) in [5.74, 6) is 0.941. The van der Waals surface area contributed by atoms with Crippen molar-refractivity contribution in [3.63, 3.8) is 0 Å². The molecule has 11 heteroatoms. The number of piperidine rings is 1. The minimum atomic E-state index is -1.75. The third-order valence-corrected chi connectivity index (χ3v) is 16.5. The van der Waals surface area contributed by atoms with Crippen molar-refractivity contribution in [2.24, 2.45) is 0 Å². The predicted octanol–water partition coefficient (Wildman–Crippen LogP) is 6.79. The number of rotatable bonds is 9. The summed E-state index contributed by atoms with van der Waals surface area (Å²) in [4.78, 5) is 30.5. The Bertz CT molecular complexity index is 1970. The number of nitrogens with zero attached hydrogens (tertiary/aromatic N) is 6. The Kier molecular flexibility index (Phi) is 9.15. The Morgan fingerprint density at radius 2 is 1.84 bits per heavy atom. The lowest BCUT2D eigenvalue weighted by molar-refractivity contribution is 0.0305. The summed E-state index contributed by atoms with van der Waals surface area (Å²) in [6.45, 7) is 20.0. The van der Waals surface area contributed by atoms with E-state index in [-0.39, 0.29) is 17.1 Å². The van der Waals surface area contributed by atoms with Gasteiger partial charge < -0.3 is 14.8 Å². The molecule has 2 atom stereocenters. The van der Waals surface area contributed by atoms with E-state index in [1.54, 1.807) is 21.6 Å². The molecule has 266 valence electrons. The zero-order valence-electron chi connectivity index (χ0n) is 30.6. The first-order chi connectivity index (χ1) is 23.8. The molecule has 3 aliphatic rings. The number of allylic oxidation sites excluding steroid dienone is 1. The van der Waals surface area contributed by atoms with E-state index in [1.807, 2.05) is 19.1 Å². The lowest BCUT2D eigenvalue weighted by Gasteiger charge is -2.44. The molecular weight excluding hydrogens is 643 g/mol. The summed E-state index contributed by atoms with van der Waals surface area (Å²) in [7, 11) is -1.75. The number of hydrogen-bond donors (Lipinski definition) is 2. The molecule has 0 spiro atoms. The van der Waals surface area contributed by atoms with Gasteiger partial charge in [-0.15, -0.1) is 6.58 Å². The van der Waals surface area contributed by atoms with Crippen molar-refractivity contribution in [2.75, 3.05) is 18.4 Å². The number of nitrogens with one attached hydrogen (secondary N) is 1. The van der Waals surface area contributed by atoms with Gasteiger partial charge in [-0.3, -0.25) is 9.69 Å². The maximum Gasteiger partial charge on any atom is 0.278 e. The first-order valence-corrected chi connectivity index (χ1v) is 21.3. The normalized spacial score (nSPS) is 21.7. The Balaban J connectivity index is 1.08. The Hall–Kier alpha value is -3.64. The Morgan fingerprint density at radius 3 is 2.56 bits per heavy atom. The largest absolute Gasteiger partial charge is 0.414 e. The lowest BCUT2D eigenvalue weighted by atomic mass is 9.86. The van der Waals surface area contributed by atoms with Crippen molar-refractivity contribution >= 4 is 31.0 Å². The Labute approximate surface area is 296 Å². The van der Waals surface area contributed by atoms with Crippen molar-refractivity contribution in [1.29, 1.82) is 0 Å². The molecule has 10 nitrogen and oxygen atoms in total. The van der Waals surface area contributed by atoms with Crippen LogP contribution < -0.4 is 10.9 Å². The summed E-state index contributed by atoms with van der Waals surface area (Å²) < 4.78 is 10.1. The highest BCUT2D eigenvalue weighted by Gasteiger charge is 2.40. The highest BCUT2D eigenvalue weighted by atomic mass is 28.4. The van der Waals surface area contributed by atoms with Crippen LogP contribution in [0.1, 0.15) is 82.2 Å². The van der Waals surface area contributed by atoms with E-state index < -0.39 is 13.9 Å². The second kappa shape index (κ2) is 13.2. The number of fused-ring (bicyclic) bond motifs is 3. The molecule has 1 saturated heterocycles. The van der Waals surface area contributed by atoms with Crippen LogP contribution in [0.2, 0.25) is 18.1 Å². The van der Waals surface area contributed by atoms with Crippen molar-refractivity contribution in [3.8, 4) is 5.82 Å². The van der Waals surface area contributed by atoms with Crippen molar-refractivity contribution < 1.29 is 9.53 Å². The molecule has 0 radical (unpaired) electrons. The van der Waals surface area contributed by atoms with Gasteiger partial charge in [0.2, 0.25) is 5.95 Å². The monoisotopic (exact) mass is 695 g/mol. The van der Waals surface area contributed by atoms with Crippen LogP contribution in [0.4, 0.5) is 11.6 Å². The summed E-state index contributed by atoms with van der Waals surface area (Å²) in [6.07, 6.45) is 11.2. The van der Waals surface area contributed by atoms with Crippen molar-refractivity contribution in [3.05, 3.63) is 81.9 Å². The van der Waals surface area contributed by atoms with Crippen LogP contribution in [0.3, 0.4) is 0 Å². The topological polar surface area (TPSA) is 110 Å². The maximum atomic E-state index is 13.5. The lowest BCUT2D eigenvalue weighted by Crippen LogP contribution is -2.49. The van der Waals surface area contributed by atoms with Crippen molar-refractivity contribution in [1.82, 2.24) is 29.2 Å². The standard InChI is InChI=1S/C39H53N7O3Si/c1-8-20-45-36(47)32-25-40-37(43-35(32)46(45)33-15-12-26-16-19-39(48,9-2)34(26)42-33)41-29-13-10-28-24-30(14-11-27(28)23-29)44-21-17-31(18-22-44)49-50(6,7)38(3,4)5/h8,10,12-13,15,23,25,30-31,48H,1,9,11,14,16-22,24H2,2-7H3,(H,40,41,43)/t30?,39-/m1/s1. The van der Waals surface area contributed by atoms with Gasteiger partial charge in [0.25, 0.3) is 5.56 Å². The molecule has 2 N–H and O–H groups in total. The van der Waals surface area contributed by atoms with Gasteiger partial charge in [0.05, 0.1) is 12.2 Å². The zero-order chi connectivity index (χ0) is 35.4. The number of likely N-dealkylation sites (tertiary alicyclic amines) is 1. The average Bonchev–Trinajstić information content (AvgIpc) is 3.57. The van der Waals surface area contributed by atoms with E-state index in [0.29, 0.717) is 53.5 Å². The van der Waals surface area contributed by atoms with Crippen LogP contribution >= 0.6 is 0 Å². The third-order valence-electron chi connectivity index (χ3n) is 11.9. The molecule has 0 bridgehead atoms. The van der Waals surface area contributed by atoms with E-state index >= 15 is 0 Å². The van der Waals surface area contributed by atoms with Crippen LogP contribution in [-0.2, 0) is 35.8 Å². The molecule has 3 aromatic heterocycles. The summed E-state index contributed by atoms with van der Waals surface area (Å²) in [6, 6.07) is 11.0. The van der Waals surface area contributed by atoms with Gasteiger partial charge in [-0.1, -0.05) is 45.9 Å². The van der Waals surface area contributed by atoms with Gasteiger partial charge >= 0.3 is 0 Å². The van der Waals surface area contributed by atoms with Gasteiger partial charge in [-0.05, 0) is 104 Å².